The number of aliphatic hydroxyl groups is 1. The molecule has 1 N–H and O–H groups in total. The summed E-state index contributed by atoms with van der Waals surface area (Å²) in [6.45, 7) is 2.02. The fourth-order valence-electron chi connectivity index (χ4n) is 1.57. The van der Waals surface area contributed by atoms with Gasteiger partial charge in [-0.25, -0.2) is 0 Å². The molecule has 0 saturated heterocycles. The molecule has 0 fully saturated rings. The second-order valence-corrected chi connectivity index (χ2v) is 4.64. The number of aliphatic hydroxyl groups excluding tert-OH is 1. The standard InChI is InChI=1S/C14H13BrO2/c1-10-8-11(9-16)6-7-13(10)17-14-5-3-2-4-12(14)15/h2-8,16H,9H2,1H3. The lowest BCUT2D eigenvalue weighted by Gasteiger charge is -2.10. The van der Waals surface area contributed by atoms with Crippen LogP contribution in [0.2, 0.25) is 0 Å². The van der Waals surface area contributed by atoms with Crippen LogP contribution in [0.5, 0.6) is 11.5 Å². The Morgan fingerprint density at radius 3 is 2.53 bits per heavy atom. The normalized spacial score (nSPS) is 10.3. The van der Waals surface area contributed by atoms with Crippen LogP contribution in [0.15, 0.2) is 46.9 Å². The molecule has 0 unspecified atom stereocenters. The first-order valence-corrected chi connectivity index (χ1v) is 6.13. The number of halogens is 1. The molecule has 0 heterocycles. The molecule has 0 aromatic heterocycles. The van der Waals surface area contributed by atoms with Crippen LogP contribution in [-0.4, -0.2) is 5.11 Å². The minimum atomic E-state index is 0.0517. The van der Waals surface area contributed by atoms with Crippen molar-refractivity contribution < 1.29 is 9.84 Å². The average molecular weight is 293 g/mol. The molecule has 88 valence electrons. The fraction of sp³-hybridized carbons (Fsp3) is 0.143. The van der Waals surface area contributed by atoms with Gasteiger partial charge in [-0.15, -0.1) is 0 Å². The molecule has 0 saturated carbocycles. The zero-order valence-corrected chi connectivity index (χ0v) is 11.1. The van der Waals surface area contributed by atoms with E-state index in [2.05, 4.69) is 15.9 Å². The second kappa shape index (κ2) is 5.34. The highest BCUT2D eigenvalue weighted by molar-refractivity contribution is 9.10. The van der Waals surface area contributed by atoms with Crippen molar-refractivity contribution in [2.75, 3.05) is 0 Å². The van der Waals surface area contributed by atoms with Crippen LogP contribution in [0.1, 0.15) is 11.1 Å². The largest absolute Gasteiger partial charge is 0.456 e. The SMILES string of the molecule is Cc1cc(CO)ccc1Oc1ccccc1Br. The molecular formula is C14H13BrO2. The van der Waals surface area contributed by atoms with Crippen molar-refractivity contribution in [1.82, 2.24) is 0 Å². The van der Waals surface area contributed by atoms with Gasteiger partial charge in [0.1, 0.15) is 11.5 Å². The molecule has 2 nitrogen and oxygen atoms in total. The summed E-state index contributed by atoms with van der Waals surface area (Å²) < 4.78 is 6.73. The molecule has 3 heteroatoms. The predicted octanol–water partition coefficient (Wildman–Crippen LogP) is 4.04. The van der Waals surface area contributed by atoms with E-state index in [-0.39, 0.29) is 6.61 Å². The Morgan fingerprint density at radius 2 is 1.88 bits per heavy atom. The van der Waals surface area contributed by atoms with Crippen LogP contribution in [0, 0.1) is 6.92 Å². The van der Waals surface area contributed by atoms with Gasteiger partial charge in [0.15, 0.2) is 0 Å². The summed E-state index contributed by atoms with van der Waals surface area (Å²) in [6.07, 6.45) is 0. The highest BCUT2D eigenvalue weighted by atomic mass is 79.9. The summed E-state index contributed by atoms with van der Waals surface area (Å²) in [6, 6.07) is 13.4. The number of hydrogen-bond acceptors (Lipinski definition) is 2. The summed E-state index contributed by atoms with van der Waals surface area (Å²) in [5.41, 5.74) is 1.90. The zero-order chi connectivity index (χ0) is 12.3. The Bertz CT molecular complexity index is 523. The summed E-state index contributed by atoms with van der Waals surface area (Å²) in [7, 11) is 0. The molecular weight excluding hydrogens is 280 g/mol. The molecule has 2 aromatic rings. The Morgan fingerprint density at radius 1 is 1.12 bits per heavy atom. The van der Waals surface area contributed by atoms with Gasteiger partial charge in [0.05, 0.1) is 11.1 Å². The first-order chi connectivity index (χ1) is 8.20. The van der Waals surface area contributed by atoms with Gasteiger partial charge in [-0.2, -0.15) is 0 Å². The van der Waals surface area contributed by atoms with E-state index in [0.717, 1.165) is 27.1 Å². The highest BCUT2D eigenvalue weighted by Crippen LogP contribution is 2.31. The molecule has 17 heavy (non-hydrogen) atoms. The van der Waals surface area contributed by atoms with Crippen molar-refractivity contribution in [3.05, 3.63) is 58.1 Å². The molecule has 0 atom stereocenters. The van der Waals surface area contributed by atoms with Gasteiger partial charge < -0.3 is 9.84 Å². The predicted molar refractivity (Wildman–Crippen MR) is 71.3 cm³/mol. The minimum Gasteiger partial charge on any atom is -0.456 e. The lowest BCUT2D eigenvalue weighted by Crippen LogP contribution is -1.91. The van der Waals surface area contributed by atoms with Crippen LogP contribution >= 0.6 is 15.9 Å². The Hall–Kier alpha value is -1.32. The van der Waals surface area contributed by atoms with E-state index in [4.69, 9.17) is 9.84 Å². The monoisotopic (exact) mass is 292 g/mol. The lowest BCUT2D eigenvalue weighted by molar-refractivity contribution is 0.281. The van der Waals surface area contributed by atoms with Crippen molar-refractivity contribution in [2.24, 2.45) is 0 Å². The second-order valence-electron chi connectivity index (χ2n) is 3.79. The van der Waals surface area contributed by atoms with Gasteiger partial charge in [-0.3, -0.25) is 0 Å². The lowest BCUT2D eigenvalue weighted by atomic mass is 10.1. The van der Waals surface area contributed by atoms with Gasteiger partial charge >= 0.3 is 0 Å². The molecule has 2 rings (SSSR count). The first kappa shape index (κ1) is 12.1. The smallest absolute Gasteiger partial charge is 0.141 e. The van der Waals surface area contributed by atoms with Gasteiger partial charge in [0, 0.05) is 0 Å². The van der Waals surface area contributed by atoms with Crippen LogP contribution in [0.4, 0.5) is 0 Å². The van der Waals surface area contributed by atoms with Gasteiger partial charge in [0.2, 0.25) is 0 Å². The van der Waals surface area contributed by atoms with Crippen LogP contribution in [0.3, 0.4) is 0 Å². The molecule has 2 aromatic carbocycles. The minimum absolute atomic E-state index is 0.0517. The highest BCUT2D eigenvalue weighted by Gasteiger charge is 2.05. The van der Waals surface area contributed by atoms with Gasteiger partial charge in [-0.1, -0.05) is 24.3 Å². The number of rotatable bonds is 3. The number of hydrogen-bond donors (Lipinski definition) is 1. The fourth-order valence-corrected chi connectivity index (χ4v) is 1.94. The van der Waals surface area contributed by atoms with Crippen molar-refractivity contribution in [2.45, 2.75) is 13.5 Å². The topological polar surface area (TPSA) is 29.5 Å². The number of ether oxygens (including phenoxy) is 1. The van der Waals surface area contributed by atoms with E-state index < -0.39 is 0 Å². The van der Waals surface area contributed by atoms with E-state index in [1.54, 1.807) is 0 Å². The average Bonchev–Trinajstić information content (AvgIpc) is 2.34. The third-order valence-electron chi connectivity index (χ3n) is 2.48. The maximum atomic E-state index is 9.04. The summed E-state index contributed by atoms with van der Waals surface area (Å²) in [5, 5.41) is 9.04. The third-order valence-corrected chi connectivity index (χ3v) is 3.13. The molecule has 0 bridgehead atoms. The van der Waals surface area contributed by atoms with Gasteiger partial charge in [0.25, 0.3) is 0 Å². The van der Waals surface area contributed by atoms with Crippen LogP contribution in [0.25, 0.3) is 0 Å². The maximum absolute atomic E-state index is 9.04. The van der Waals surface area contributed by atoms with Crippen molar-refractivity contribution >= 4 is 15.9 Å². The molecule has 0 amide bonds. The van der Waals surface area contributed by atoms with Crippen LogP contribution < -0.4 is 4.74 Å². The Balaban J connectivity index is 2.28. The van der Waals surface area contributed by atoms with Crippen molar-refractivity contribution in [3.8, 4) is 11.5 Å². The van der Waals surface area contributed by atoms with Crippen molar-refractivity contribution in [3.63, 3.8) is 0 Å². The first-order valence-electron chi connectivity index (χ1n) is 5.33. The van der Waals surface area contributed by atoms with Crippen molar-refractivity contribution in [1.29, 1.82) is 0 Å². The summed E-state index contributed by atoms with van der Waals surface area (Å²) in [4.78, 5) is 0. The number of aryl methyl sites for hydroxylation is 1. The molecule has 0 aliphatic carbocycles. The third kappa shape index (κ3) is 2.87. The maximum Gasteiger partial charge on any atom is 0.141 e. The Labute approximate surface area is 109 Å². The quantitative estimate of drug-likeness (QED) is 0.925. The molecule has 0 aliphatic heterocycles. The summed E-state index contributed by atoms with van der Waals surface area (Å²) >= 11 is 3.44. The summed E-state index contributed by atoms with van der Waals surface area (Å²) in [5.74, 6) is 1.58. The van der Waals surface area contributed by atoms with E-state index in [1.807, 2.05) is 49.4 Å². The van der Waals surface area contributed by atoms with E-state index >= 15 is 0 Å². The number of para-hydroxylation sites is 1. The molecule has 0 aliphatic rings. The zero-order valence-electron chi connectivity index (χ0n) is 9.48. The molecule has 0 spiro atoms. The van der Waals surface area contributed by atoms with E-state index in [0.29, 0.717) is 0 Å². The van der Waals surface area contributed by atoms with Gasteiger partial charge in [-0.05, 0) is 52.2 Å². The Kier molecular flexibility index (Phi) is 3.82. The van der Waals surface area contributed by atoms with E-state index in [9.17, 15) is 0 Å². The van der Waals surface area contributed by atoms with E-state index in [1.165, 1.54) is 0 Å². The van der Waals surface area contributed by atoms with Crippen LogP contribution in [-0.2, 0) is 6.61 Å². The molecule has 0 radical (unpaired) electrons. The number of benzene rings is 2.